The molecule has 1 saturated heterocycles. The minimum atomic E-state index is -0.314. The number of halogens is 1. The Bertz CT molecular complexity index is 1140. The molecule has 1 aliphatic heterocycles. The number of ether oxygens (including phenoxy) is 2. The molecule has 1 aliphatic rings. The van der Waals surface area contributed by atoms with Gasteiger partial charge in [-0.2, -0.15) is 10.1 Å². The summed E-state index contributed by atoms with van der Waals surface area (Å²) in [6.45, 7) is 4.35. The Labute approximate surface area is 210 Å². The molecule has 3 heterocycles. The molecule has 196 valence electrons. The Balaban J connectivity index is 1.63. The number of benzene rings is 1. The topological polar surface area (TPSA) is 132 Å². The molecule has 0 aliphatic carbocycles. The number of hydrogen-bond acceptors (Lipinski definition) is 9. The van der Waals surface area contributed by atoms with Gasteiger partial charge in [0.1, 0.15) is 22.6 Å². The van der Waals surface area contributed by atoms with Gasteiger partial charge in [-0.05, 0) is 31.7 Å². The molecule has 11 heteroatoms. The molecule has 0 bridgehead atoms. The number of methoxy groups -OCH3 is 1. The Kier molecular flexibility index (Phi) is 8.89. The average molecular weight is 502 g/mol. The highest BCUT2D eigenvalue weighted by Crippen LogP contribution is 2.28. The second-order valence-electron chi connectivity index (χ2n) is 9.13. The smallest absolute Gasteiger partial charge is 0.222 e. The normalized spacial score (nSPS) is 15.3. The van der Waals surface area contributed by atoms with Crippen LogP contribution in [0.1, 0.15) is 50.2 Å². The van der Waals surface area contributed by atoms with E-state index in [-0.39, 0.29) is 24.4 Å². The lowest BCUT2D eigenvalue weighted by Gasteiger charge is -2.23. The summed E-state index contributed by atoms with van der Waals surface area (Å²) in [5, 5.41) is 20.9. The number of anilines is 2. The third-order valence-corrected chi connectivity index (χ3v) is 6.53. The van der Waals surface area contributed by atoms with Crippen molar-refractivity contribution in [2.24, 2.45) is 0 Å². The van der Waals surface area contributed by atoms with Crippen LogP contribution in [-0.2, 0) is 17.8 Å². The van der Waals surface area contributed by atoms with Crippen molar-refractivity contribution in [3.8, 4) is 5.75 Å². The molecule has 2 aromatic heterocycles. The Morgan fingerprint density at radius 2 is 2.06 bits per heavy atom. The molecule has 1 aromatic carbocycles. The van der Waals surface area contributed by atoms with E-state index in [9.17, 15) is 9.50 Å². The summed E-state index contributed by atoms with van der Waals surface area (Å²) >= 11 is 0. The number of aliphatic hydroxyl groups excluding tert-OH is 1. The van der Waals surface area contributed by atoms with E-state index in [4.69, 9.17) is 15.2 Å². The fourth-order valence-electron chi connectivity index (χ4n) is 4.64. The Morgan fingerprint density at radius 1 is 1.25 bits per heavy atom. The first kappa shape index (κ1) is 26.1. The van der Waals surface area contributed by atoms with Gasteiger partial charge >= 0.3 is 0 Å². The van der Waals surface area contributed by atoms with E-state index >= 15 is 0 Å². The summed E-state index contributed by atoms with van der Waals surface area (Å²) in [4.78, 5) is 8.77. The first-order valence-corrected chi connectivity index (χ1v) is 12.5. The van der Waals surface area contributed by atoms with Crippen LogP contribution in [0.4, 0.5) is 16.2 Å². The lowest BCUT2D eigenvalue weighted by molar-refractivity contribution is 0.0775. The number of hydrogen-bond donors (Lipinski definition) is 4. The highest BCUT2D eigenvalue weighted by Gasteiger charge is 2.19. The highest BCUT2D eigenvalue weighted by molar-refractivity contribution is 5.86. The Morgan fingerprint density at radius 3 is 2.78 bits per heavy atom. The molecular weight excluding hydrogens is 465 g/mol. The lowest BCUT2D eigenvalue weighted by atomic mass is 10.1. The third kappa shape index (κ3) is 6.21. The van der Waals surface area contributed by atoms with Gasteiger partial charge < -0.3 is 30.9 Å². The molecule has 3 aromatic rings. The van der Waals surface area contributed by atoms with E-state index < -0.39 is 0 Å². The number of nitrogens with zero attached hydrogens (tertiary/aromatic N) is 4. The molecular formula is C25H36FN7O3. The van der Waals surface area contributed by atoms with Crippen LogP contribution in [0.25, 0.3) is 11.0 Å². The minimum absolute atomic E-state index is 0.0315. The SMILES string of the molecule is CCC[C@@H](CCO)Nc1nc(N)nc2cnn(Cc3cc(CNC4CCOCC4)c(F)cc3OC)c12. The van der Waals surface area contributed by atoms with Crippen LogP contribution in [0.3, 0.4) is 0 Å². The molecule has 0 amide bonds. The molecule has 5 N–H and O–H groups in total. The molecule has 1 atom stereocenters. The van der Waals surface area contributed by atoms with Crippen LogP contribution < -0.4 is 21.1 Å². The Hall–Kier alpha value is -3.02. The van der Waals surface area contributed by atoms with Gasteiger partial charge in [-0.1, -0.05) is 13.3 Å². The minimum Gasteiger partial charge on any atom is -0.496 e. The standard InChI is InChI=1S/C25H36FN7O3/c1-3-4-19(5-8-34)30-24-23-21(31-25(27)32-24)14-29-33(23)15-17-11-16(20(26)12-22(17)35-2)13-28-18-6-9-36-10-7-18/h11-12,14,18-19,28,34H,3-10,13,15H2,1-2H3,(H3,27,30,31,32)/t19-/m0/s1. The summed E-state index contributed by atoms with van der Waals surface area (Å²) in [5.74, 6) is 0.834. The van der Waals surface area contributed by atoms with Crippen molar-refractivity contribution >= 4 is 22.8 Å². The van der Waals surface area contributed by atoms with E-state index in [0.717, 1.165) is 44.5 Å². The maximum absolute atomic E-state index is 14.9. The maximum atomic E-state index is 14.9. The van der Waals surface area contributed by atoms with Crippen LogP contribution in [0.5, 0.6) is 5.75 Å². The number of fused-ring (bicyclic) bond motifs is 1. The molecule has 1 fully saturated rings. The maximum Gasteiger partial charge on any atom is 0.222 e. The van der Waals surface area contributed by atoms with Gasteiger partial charge in [0.25, 0.3) is 0 Å². The van der Waals surface area contributed by atoms with Gasteiger partial charge in [0.15, 0.2) is 5.82 Å². The summed E-state index contributed by atoms with van der Waals surface area (Å²) in [6, 6.07) is 3.59. The molecule has 0 saturated carbocycles. The van der Waals surface area contributed by atoms with Crippen molar-refractivity contribution in [1.29, 1.82) is 0 Å². The molecule has 36 heavy (non-hydrogen) atoms. The van der Waals surface area contributed by atoms with Crippen LogP contribution in [0, 0.1) is 5.82 Å². The van der Waals surface area contributed by atoms with Crippen molar-refractivity contribution in [2.75, 3.05) is 38.0 Å². The summed E-state index contributed by atoms with van der Waals surface area (Å²) in [7, 11) is 1.53. The van der Waals surface area contributed by atoms with Gasteiger partial charge in [0.05, 0.1) is 19.9 Å². The van der Waals surface area contributed by atoms with Gasteiger partial charge in [-0.25, -0.2) is 9.37 Å². The number of aliphatic hydroxyl groups is 1. The number of nitrogens with one attached hydrogen (secondary N) is 2. The second-order valence-corrected chi connectivity index (χ2v) is 9.13. The fraction of sp³-hybridized carbons (Fsp3) is 0.560. The quantitative estimate of drug-likeness (QED) is 0.296. The first-order valence-electron chi connectivity index (χ1n) is 12.5. The lowest BCUT2D eigenvalue weighted by Crippen LogP contribution is -2.34. The van der Waals surface area contributed by atoms with Crippen molar-refractivity contribution in [1.82, 2.24) is 25.1 Å². The average Bonchev–Trinajstić information content (AvgIpc) is 3.27. The highest BCUT2D eigenvalue weighted by atomic mass is 19.1. The molecule has 4 rings (SSSR count). The predicted molar refractivity (Wildman–Crippen MR) is 136 cm³/mol. The van der Waals surface area contributed by atoms with Gasteiger partial charge in [0, 0.05) is 55.6 Å². The van der Waals surface area contributed by atoms with Crippen molar-refractivity contribution < 1.29 is 19.0 Å². The van der Waals surface area contributed by atoms with Crippen LogP contribution >= 0.6 is 0 Å². The van der Waals surface area contributed by atoms with Crippen molar-refractivity contribution in [3.63, 3.8) is 0 Å². The summed E-state index contributed by atoms with van der Waals surface area (Å²) in [5.41, 5.74) is 8.61. The fourth-order valence-corrected chi connectivity index (χ4v) is 4.64. The third-order valence-electron chi connectivity index (χ3n) is 6.53. The van der Waals surface area contributed by atoms with Crippen LogP contribution in [0.2, 0.25) is 0 Å². The van der Waals surface area contributed by atoms with Crippen molar-refractivity contribution in [2.45, 2.75) is 64.2 Å². The number of nitrogens with two attached hydrogens (primary N) is 1. The van der Waals surface area contributed by atoms with E-state index in [1.54, 1.807) is 10.9 Å². The van der Waals surface area contributed by atoms with Gasteiger partial charge in [0.2, 0.25) is 5.95 Å². The zero-order chi connectivity index (χ0) is 25.5. The predicted octanol–water partition coefficient (Wildman–Crippen LogP) is 2.84. The van der Waals surface area contributed by atoms with Crippen LogP contribution in [-0.4, -0.2) is 63.9 Å². The number of nitrogen functional groups attached to an aromatic ring is 1. The van der Waals surface area contributed by atoms with Crippen LogP contribution in [0.15, 0.2) is 18.3 Å². The second kappa shape index (κ2) is 12.3. The molecule has 0 unspecified atom stereocenters. The van der Waals surface area contributed by atoms with Gasteiger partial charge in [-0.3, -0.25) is 4.68 Å². The summed E-state index contributed by atoms with van der Waals surface area (Å²) < 4.78 is 27.5. The molecule has 10 nitrogen and oxygen atoms in total. The molecule has 0 radical (unpaired) electrons. The van der Waals surface area contributed by atoms with E-state index in [1.165, 1.54) is 13.2 Å². The van der Waals surface area contributed by atoms with E-state index in [2.05, 4.69) is 32.6 Å². The van der Waals surface area contributed by atoms with E-state index in [0.29, 0.717) is 53.7 Å². The monoisotopic (exact) mass is 501 g/mol. The van der Waals surface area contributed by atoms with Gasteiger partial charge in [-0.15, -0.1) is 0 Å². The first-order chi connectivity index (χ1) is 17.5. The largest absolute Gasteiger partial charge is 0.496 e. The summed E-state index contributed by atoms with van der Waals surface area (Å²) in [6.07, 6.45) is 5.88. The number of rotatable bonds is 12. The van der Waals surface area contributed by atoms with E-state index in [1.807, 2.05) is 6.07 Å². The molecule has 0 spiro atoms. The number of aromatic nitrogens is 4. The zero-order valence-electron chi connectivity index (χ0n) is 21.0. The van der Waals surface area contributed by atoms with Crippen molar-refractivity contribution in [3.05, 3.63) is 35.3 Å². The zero-order valence-corrected chi connectivity index (χ0v) is 21.0.